The minimum absolute atomic E-state index is 0.0813. The Morgan fingerprint density at radius 1 is 1.10 bits per heavy atom. The number of piperidine rings is 1. The highest BCUT2D eigenvalue weighted by molar-refractivity contribution is 5.96. The number of rotatable bonds is 5. The Morgan fingerprint density at radius 2 is 1.88 bits per heavy atom. The van der Waals surface area contributed by atoms with E-state index in [2.05, 4.69) is 32.1 Å². The lowest BCUT2D eigenvalue weighted by Gasteiger charge is -2.53. The molecule has 2 aliphatic rings. The van der Waals surface area contributed by atoms with E-state index in [1.165, 1.54) is 12.1 Å². The monoisotopic (exact) mass is 533 g/mol. The third kappa shape index (κ3) is 4.16. The van der Waals surface area contributed by atoms with E-state index >= 15 is 0 Å². The molecular weight excluding hydrogens is 509 g/mol. The van der Waals surface area contributed by atoms with Gasteiger partial charge in [0.15, 0.2) is 0 Å². The molecule has 1 amide bonds. The number of nitriles is 3. The van der Waals surface area contributed by atoms with Gasteiger partial charge >= 0.3 is 0 Å². The van der Waals surface area contributed by atoms with Gasteiger partial charge in [0.25, 0.3) is 5.91 Å². The van der Waals surface area contributed by atoms with Crippen molar-refractivity contribution < 1.29 is 9.18 Å². The predicted molar refractivity (Wildman–Crippen MR) is 142 cm³/mol. The molecule has 0 bridgehead atoms. The summed E-state index contributed by atoms with van der Waals surface area (Å²) >= 11 is 0. The van der Waals surface area contributed by atoms with Gasteiger partial charge in [0.1, 0.15) is 29.1 Å². The van der Waals surface area contributed by atoms with Crippen LogP contribution in [0.3, 0.4) is 0 Å². The van der Waals surface area contributed by atoms with Crippen molar-refractivity contribution in [1.29, 1.82) is 15.8 Å². The molecule has 0 atom stereocenters. The number of likely N-dealkylation sites (tertiary alicyclic amines) is 2. The quantitative estimate of drug-likeness (QED) is 0.414. The molecule has 198 valence electrons. The molecule has 0 radical (unpaired) electrons. The number of nitrogens with one attached hydrogen (secondary N) is 1. The van der Waals surface area contributed by atoms with Gasteiger partial charge in [0.2, 0.25) is 0 Å². The largest absolute Gasteiger partial charge is 0.346 e. The molecule has 11 heteroatoms. The van der Waals surface area contributed by atoms with Crippen LogP contribution in [0.15, 0.2) is 49.1 Å². The summed E-state index contributed by atoms with van der Waals surface area (Å²) in [7, 11) is 0. The van der Waals surface area contributed by atoms with Crippen molar-refractivity contribution in [3.8, 4) is 29.3 Å². The molecule has 3 aromatic heterocycles. The molecule has 2 fully saturated rings. The van der Waals surface area contributed by atoms with Gasteiger partial charge in [-0.3, -0.25) is 14.4 Å². The minimum Gasteiger partial charge on any atom is -0.346 e. The zero-order valence-corrected chi connectivity index (χ0v) is 21.5. The summed E-state index contributed by atoms with van der Waals surface area (Å²) in [5.41, 5.74) is 2.40. The first kappa shape index (κ1) is 25.2. The van der Waals surface area contributed by atoms with Crippen LogP contribution in [0.1, 0.15) is 40.7 Å². The van der Waals surface area contributed by atoms with E-state index in [4.69, 9.17) is 5.26 Å². The number of carbonyl (C=O) groups excluding carboxylic acids is 1. The molecule has 0 saturated carbocycles. The van der Waals surface area contributed by atoms with Gasteiger partial charge in [-0.25, -0.2) is 9.37 Å². The number of amides is 1. The van der Waals surface area contributed by atoms with Gasteiger partial charge in [0.05, 0.1) is 29.8 Å². The maximum atomic E-state index is 14.0. The first-order chi connectivity index (χ1) is 19.5. The fourth-order valence-electron chi connectivity index (χ4n) is 5.92. The molecule has 1 aromatic carbocycles. The number of nitrogens with zero attached hydrogens (tertiary/aromatic N) is 8. The normalized spacial score (nSPS) is 17.1. The van der Waals surface area contributed by atoms with Gasteiger partial charge < -0.3 is 9.88 Å². The molecule has 5 heterocycles. The summed E-state index contributed by atoms with van der Waals surface area (Å²) in [5, 5.41) is 33.7. The second-order valence-corrected chi connectivity index (χ2v) is 10.4. The summed E-state index contributed by atoms with van der Waals surface area (Å²) < 4.78 is 15.9. The van der Waals surface area contributed by atoms with Crippen LogP contribution in [0.25, 0.3) is 22.2 Å². The number of hydrogen-bond acceptors (Lipinski definition) is 7. The Hall–Kier alpha value is -5.05. The van der Waals surface area contributed by atoms with E-state index in [0.29, 0.717) is 43.8 Å². The lowest BCUT2D eigenvalue weighted by Crippen LogP contribution is -2.66. The van der Waals surface area contributed by atoms with Crippen molar-refractivity contribution in [2.75, 3.05) is 26.2 Å². The molecule has 0 spiro atoms. The van der Waals surface area contributed by atoms with Crippen molar-refractivity contribution in [2.45, 2.75) is 30.8 Å². The molecule has 2 aliphatic heterocycles. The molecule has 10 nitrogen and oxygen atoms in total. The van der Waals surface area contributed by atoms with Crippen LogP contribution in [-0.4, -0.2) is 67.7 Å². The van der Waals surface area contributed by atoms with Crippen molar-refractivity contribution in [2.24, 2.45) is 0 Å². The number of aromatic nitrogens is 4. The highest BCUT2D eigenvalue weighted by atomic mass is 19.1. The van der Waals surface area contributed by atoms with Gasteiger partial charge in [-0.1, -0.05) is 0 Å². The highest BCUT2D eigenvalue weighted by Crippen LogP contribution is 2.38. The van der Waals surface area contributed by atoms with Crippen molar-refractivity contribution >= 4 is 16.9 Å². The van der Waals surface area contributed by atoms with Crippen molar-refractivity contribution in [3.63, 3.8) is 0 Å². The van der Waals surface area contributed by atoms with Crippen LogP contribution in [-0.2, 0) is 5.54 Å². The molecule has 4 aromatic rings. The number of benzene rings is 1. The molecule has 40 heavy (non-hydrogen) atoms. The zero-order valence-electron chi connectivity index (χ0n) is 21.5. The number of pyridine rings is 1. The van der Waals surface area contributed by atoms with Gasteiger partial charge in [-0.2, -0.15) is 20.9 Å². The molecule has 6 rings (SSSR count). The van der Waals surface area contributed by atoms with Gasteiger partial charge in [-0.05, 0) is 37.1 Å². The Bertz CT molecular complexity index is 1740. The fourth-order valence-corrected chi connectivity index (χ4v) is 5.92. The smallest absolute Gasteiger partial charge is 0.253 e. The van der Waals surface area contributed by atoms with Crippen LogP contribution >= 0.6 is 0 Å². The van der Waals surface area contributed by atoms with Crippen molar-refractivity contribution in [3.05, 3.63) is 71.6 Å². The standard InChI is InChI=1S/C29H24FN9O/c30-25-11-19(1-2-20(25)12-32)28(40)37-9-4-23(5-10-37)38-17-29(18-38,6-7-31)39-16-22(15-36-39)26-21(13-33)14-35-27-24(26)3-8-34-27/h1-3,8,11,14-16,23H,4-6,9-10,17-18H2,(H,34,35). The molecule has 2 saturated heterocycles. The number of aromatic amines is 1. The summed E-state index contributed by atoms with van der Waals surface area (Å²) in [6.45, 7) is 2.40. The van der Waals surface area contributed by atoms with E-state index in [0.717, 1.165) is 35.4 Å². The number of halogens is 1. The summed E-state index contributed by atoms with van der Waals surface area (Å²) in [6.07, 6.45) is 8.83. The Labute approximate surface area is 229 Å². The number of H-pyrrole nitrogens is 1. The maximum Gasteiger partial charge on any atom is 0.253 e. The average Bonchev–Trinajstić information content (AvgIpc) is 3.64. The number of fused-ring (bicyclic) bond motifs is 1. The van der Waals surface area contributed by atoms with Crippen LogP contribution in [0.5, 0.6) is 0 Å². The average molecular weight is 534 g/mol. The van der Waals surface area contributed by atoms with Crippen LogP contribution < -0.4 is 0 Å². The SMILES string of the molecule is N#CCC1(n2cc(-c3c(C#N)cnc4[nH]ccc34)cn2)CN(C2CCN(C(=O)c3ccc(C#N)c(F)c3)CC2)C1. The Kier molecular flexibility index (Phi) is 6.26. The second-order valence-electron chi connectivity index (χ2n) is 10.4. The second kappa shape index (κ2) is 9.92. The zero-order chi connectivity index (χ0) is 27.9. The summed E-state index contributed by atoms with van der Waals surface area (Å²) in [5.74, 6) is -0.928. The lowest BCUT2D eigenvalue weighted by atomic mass is 9.83. The summed E-state index contributed by atoms with van der Waals surface area (Å²) in [4.78, 5) is 24.3. The van der Waals surface area contributed by atoms with E-state index in [1.807, 2.05) is 16.9 Å². The lowest BCUT2D eigenvalue weighted by molar-refractivity contribution is -0.0412. The minimum atomic E-state index is -0.690. The van der Waals surface area contributed by atoms with Gasteiger partial charge in [-0.15, -0.1) is 0 Å². The van der Waals surface area contributed by atoms with E-state index in [1.54, 1.807) is 29.6 Å². The van der Waals surface area contributed by atoms with Crippen molar-refractivity contribution in [1.82, 2.24) is 29.5 Å². The maximum absolute atomic E-state index is 14.0. The fraction of sp³-hybridized carbons (Fsp3) is 0.310. The molecular formula is C29H24FN9O. The van der Waals surface area contributed by atoms with E-state index in [9.17, 15) is 19.7 Å². The molecule has 0 unspecified atom stereocenters. The first-order valence-corrected chi connectivity index (χ1v) is 13.0. The molecule has 0 aliphatic carbocycles. The predicted octanol–water partition coefficient (Wildman–Crippen LogP) is 3.54. The third-order valence-electron chi connectivity index (χ3n) is 8.07. The van der Waals surface area contributed by atoms with E-state index in [-0.39, 0.29) is 23.1 Å². The third-order valence-corrected chi connectivity index (χ3v) is 8.07. The number of hydrogen-bond donors (Lipinski definition) is 1. The van der Waals surface area contributed by atoms with Crippen LogP contribution in [0.2, 0.25) is 0 Å². The number of carbonyl (C=O) groups is 1. The Morgan fingerprint density at radius 3 is 2.58 bits per heavy atom. The highest BCUT2D eigenvalue weighted by Gasteiger charge is 2.48. The topological polar surface area (TPSA) is 141 Å². The van der Waals surface area contributed by atoms with Crippen LogP contribution in [0, 0.1) is 39.8 Å². The van der Waals surface area contributed by atoms with Gasteiger partial charge in [0, 0.05) is 72.9 Å². The van der Waals surface area contributed by atoms with E-state index < -0.39 is 11.4 Å². The molecule has 1 N–H and O–H groups in total. The Balaban J connectivity index is 1.14. The summed E-state index contributed by atoms with van der Waals surface area (Å²) in [6, 6.07) is 12.4. The first-order valence-electron chi connectivity index (χ1n) is 13.0. The van der Waals surface area contributed by atoms with Crippen LogP contribution in [0.4, 0.5) is 4.39 Å².